The summed E-state index contributed by atoms with van der Waals surface area (Å²) in [5, 5.41) is 0.693. The quantitative estimate of drug-likeness (QED) is 0.834. The van der Waals surface area contributed by atoms with Crippen LogP contribution in [0.3, 0.4) is 0 Å². The SMILES string of the molecule is CC(C)Oc1nc(Br)c(Br)s1. The van der Waals surface area contributed by atoms with Crippen LogP contribution >= 0.6 is 43.2 Å². The molecule has 62 valence electrons. The third-order valence-corrected chi connectivity index (χ3v) is 3.83. The van der Waals surface area contributed by atoms with Gasteiger partial charge in [0.25, 0.3) is 5.19 Å². The third kappa shape index (κ3) is 2.72. The summed E-state index contributed by atoms with van der Waals surface area (Å²) >= 11 is 8.09. The number of aromatic nitrogens is 1. The lowest BCUT2D eigenvalue weighted by atomic mass is 10.5. The normalized spacial score (nSPS) is 10.6. The Bertz CT molecular complexity index is 229. The second-order valence-corrected chi connectivity index (χ2v) is 5.24. The van der Waals surface area contributed by atoms with Crippen molar-refractivity contribution in [3.63, 3.8) is 0 Å². The lowest BCUT2D eigenvalue weighted by Crippen LogP contribution is -2.04. The van der Waals surface area contributed by atoms with E-state index in [1.54, 1.807) is 0 Å². The molecule has 0 radical (unpaired) electrons. The highest BCUT2D eigenvalue weighted by atomic mass is 79.9. The summed E-state index contributed by atoms with van der Waals surface area (Å²) in [5.41, 5.74) is 0. The van der Waals surface area contributed by atoms with Gasteiger partial charge in [-0.3, -0.25) is 0 Å². The summed E-state index contributed by atoms with van der Waals surface area (Å²) < 4.78 is 7.13. The maximum Gasteiger partial charge on any atom is 0.275 e. The lowest BCUT2D eigenvalue weighted by Gasteiger charge is -2.03. The highest BCUT2D eigenvalue weighted by Gasteiger charge is 2.07. The molecular formula is C6H7Br2NOS. The Morgan fingerprint density at radius 1 is 1.45 bits per heavy atom. The standard InChI is InChI=1S/C6H7Br2NOS/c1-3(2)10-6-9-4(7)5(8)11-6/h3H,1-2H3. The van der Waals surface area contributed by atoms with Gasteiger partial charge in [-0.05, 0) is 45.7 Å². The molecular weight excluding hydrogens is 294 g/mol. The summed E-state index contributed by atoms with van der Waals surface area (Å²) in [7, 11) is 0. The van der Waals surface area contributed by atoms with Gasteiger partial charge >= 0.3 is 0 Å². The minimum atomic E-state index is 0.181. The Morgan fingerprint density at radius 3 is 2.45 bits per heavy atom. The predicted octanol–water partition coefficient (Wildman–Crippen LogP) is 3.46. The first-order chi connectivity index (χ1) is 5.09. The molecule has 1 heterocycles. The van der Waals surface area contributed by atoms with Gasteiger partial charge in [-0.1, -0.05) is 11.3 Å². The number of thiazole rings is 1. The van der Waals surface area contributed by atoms with Gasteiger partial charge in [0.05, 0.1) is 6.10 Å². The minimum absolute atomic E-state index is 0.181. The largest absolute Gasteiger partial charge is 0.467 e. The molecule has 0 aliphatic rings. The van der Waals surface area contributed by atoms with Crippen LogP contribution in [-0.2, 0) is 0 Å². The molecule has 0 atom stereocenters. The van der Waals surface area contributed by atoms with Crippen molar-refractivity contribution in [1.82, 2.24) is 4.98 Å². The zero-order chi connectivity index (χ0) is 8.43. The molecule has 0 aliphatic carbocycles. The van der Waals surface area contributed by atoms with E-state index in [1.807, 2.05) is 13.8 Å². The third-order valence-electron chi connectivity index (χ3n) is 0.865. The number of rotatable bonds is 2. The molecule has 11 heavy (non-hydrogen) atoms. The number of halogens is 2. The predicted molar refractivity (Wildman–Crippen MR) is 53.3 cm³/mol. The Balaban J connectivity index is 2.73. The Morgan fingerprint density at radius 2 is 2.09 bits per heavy atom. The summed E-state index contributed by atoms with van der Waals surface area (Å²) in [6.45, 7) is 3.95. The second-order valence-electron chi connectivity index (χ2n) is 2.21. The van der Waals surface area contributed by atoms with Gasteiger partial charge in [0.1, 0.15) is 8.39 Å². The molecule has 2 nitrogen and oxygen atoms in total. The zero-order valence-electron chi connectivity index (χ0n) is 6.10. The van der Waals surface area contributed by atoms with Crippen molar-refractivity contribution >= 4 is 43.2 Å². The molecule has 1 rings (SSSR count). The van der Waals surface area contributed by atoms with Gasteiger partial charge in [0.2, 0.25) is 0 Å². The van der Waals surface area contributed by atoms with E-state index in [1.165, 1.54) is 11.3 Å². The van der Waals surface area contributed by atoms with Crippen LogP contribution in [-0.4, -0.2) is 11.1 Å². The molecule has 0 saturated heterocycles. The number of hydrogen-bond acceptors (Lipinski definition) is 3. The topological polar surface area (TPSA) is 22.1 Å². The monoisotopic (exact) mass is 299 g/mol. The summed E-state index contributed by atoms with van der Waals surface area (Å²) in [4.78, 5) is 4.12. The fraction of sp³-hybridized carbons (Fsp3) is 0.500. The van der Waals surface area contributed by atoms with Gasteiger partial charge in [0.15, 0.2) is 0 Å². The second kappa shape index (κ2) is 3.87. The van der Waals surface area contributed by atoms with Gasteiger partial charge < -0.3 is 4.74 Å². The van der Waals surface area contributed by atoms with Crippen molar-refractivity contribution in [2.45, 2.75) is 20.0 Å². The van der Waals surface area contributed by atoms with E-state index in [9.17, 15) is 0 Å². The first kappa shape index (κ1) is 9.48. The summed E-state index contributed by atoms with van der Waals surface area (Å²) in [5.74, 6) is 0. The summed E-state index contributed by atoms with van der Waals surface area (Å²) in [6.07, 6.45) is 0.181. The van der Waals surface area contributed by atoms with E-state index >= 15 is 0 Å². The van der Waals surface area contributed by atoms with Gasteiger partial charge in [0, 0.05) is 0 Å². The van der Waals surface area contributed by atoms with Gasteiger partial charge in [-0.15, -0.1) is 0 Å². The van der Waals surface area contributed by atoms with E-state index in [0.717, 1.165) is 8.39 Å². The van der Waals surface area contributed by atoms with Gasteiger partial charge in [-0.25, -0.2) is 0 Å². The molecule has 1 aromatic heterocycles. The fourth-order valence-corrected chi connectivity index (χ4v) is 2.20. The van der Waals surface area contributed by atoms with Crippen LogP contribution in [0.25, 0.3) is 0 Å². The molecule has 0 bridgehead atoms. The summed E-state index contributed by atoms with van der Waals surface area (Å²) in [6, 6.07) is 0. The molecule has 0 fully saturated rings. The zero-order valence-corrected chi connectivity index (χ0v) is 10.1. The lowest BCUT2D eigenvalue weighted by molar-refractivity contribution is 0.241. The molecule has 0 unspecified atom stereocenters. The average molecular weight is 301 g/mol. The molecule has 0 aliphatic heterocycles. The van der Waals surface area contributed by atoms with Crippen molar-refractivity contribution in [3.05, 3.63) is 8.39 Å². The van der Waals surface area contributed by atoms with Crippen LogP contribution in [0.1, 0.15) is 13.8 Å². The Labute approximate surface area is 86.2 Å². The molecule has 0 saturated carbocycles. The molecule has 5 heteroatoms. The van der Waals surface area contributed by atoms with E-state index in [4.69, 9.17) is 4.74 Å². The fourth-order valence-electron chi connectivity index (χ4n) is 0.518. The molecule has 0 aromatic carbocycles. The first-order valence-electron chi connectivity index (χ1n) is 3.08. The van der Waals surface area contributed by atoms with Crippen molar-refractivity contribution in [1.29, 1.82) is 0 Å². The number of ether oxygens (including phenoxy) is 1. The highest BCUT2D eigenvalue weighted by Crippen LogP contribution is 2.33. The van der Waals surface area contributed by atoms with E-state index in [2.05, 4.69) is 36.8 Å². The van der Waals surface area contributed by atoms with Gasteiger partial charge in [-0.2, -0.15) is 4.98 Å². The number of nitrogens with zero attached hydrogens (tertiary/aromatic N) is 1. The molecule has 0 N–H and O–H groups in total. The van der Waals surface area contributed by atoms with Crippen molar-refractivity contribution in [2.75, 3.05) is 0 Å². The first-order valence-corrected chi connectivity index (χ1v) is 5.48. The van der Waals surface area contributed by atoms with Crippen molar-refractivity contribution in [2.24, 2.45) is 0 Å². The Kier molecular flexibility index (Phi) is 3.33. The highest BCUT2D eigenvalue weighted by molar-refractivity contribution is 9.13. The van der Waals surface area contributed by atoms with Crippen LogP contribution in [0.5, 0.6) is 5.19 Å². The number of hydrogen-bond donors (Lipinski definition) is 0. The van der Waals surface area contributed by atoms with E-state index in [0.29, 0.717) is 5.19 Å². The molecule has 0 amide bonds. The minimum Gasteiger partial charge on any atom is -0.467 e. The smallest absolute Gasteiger partial charge is 0.275 e. The van der Waals surface area contributed by atoms with Crippen LogP contribution in [0.4, 0.5) is 0 Å². The maximum absolute atomic E-state index is 5.36. The van der Waals surface area contributed by atoms with Crippen LogP contribution < -0.4 is 4.74 Å². The van der Waals surface area contributed by atoms with Crippen LogP contribution in [0.15, 0.2) is 8.39 Å². The van der Waals surface area contributed by atoms with Crippen molar-refractivity contribution < 1.29 is 4.74 Å². The maximum atomic E-state index is 5.36. The average Bonchev–Trinajstić information content (AvgIpc) is 2.10. The Hall–Kier alpha value is 0.390. The molecule has 1 aromatic rings. The van der Waals surface area contributed by atoms with Crippen LogP contribution in [0, 0.1) is 0 Å². The van der Waals surface area contributed by atoms with E-state index in [-0.39, 0.29) is 6.10 Å². The van der Waals surface area contributed by atoms with E-state index < -0.39 is 0 Å². The van der Waals surface area contributed by atoms with Crippen molar-refractivity contribution in [3.8, 4) is 5.19 Å². The van der Waals surface area contributed by atoms with Crippen LogP contribution in [0.2, 0.25) is 0 Å². The molecule has 0 spiro atoms.